The maximum absolute atomic E-state index is 13.2. The van der Waals surface area contributed by atoms with Gasteiger partial charge in [0.05, 0.1) is 16.8 Å². The normalized spacial score (nSPS) is 11.0. The molecule has 2 N–H and O–H groups in total. The van der Waals surface area contributed by atoms with Crippen LogP contribution in [0.25, 0.3) is 11.0 Å². The Morgan fingerprint density at radius 3 is 2.75 bits per heavy atom. The molecular formula is C17H15F2N3OS. The van der Waals surface area contributed by atoms with Gasteiger partial charge in [0.25, 0.3) is 0 Å². The molecule has 0 unspecified atom stereocenters. The summed E-state index contributed by atoms with van der Waals surface area (Å²) in [6, 6.07) is 7.91. The Balaban J connectivity index is 1.67. The first kappa shape index (κ1) is 16.4. The maximum atomic E-state index is 13.2. The number of carbonyl (C=O) groups excluding carboxylic acids is 1. The summed E-state index contributed by atoms with van der Waals surface area (Å²) in [7, 11) is 0. The minimum absolute atomic E-state index is 0.137. The molecule has 1 heterocycles. The van der Waals surface area contributed by atoms with Gasteiger partial charge in [-0.2, -0.15) is 0 Å². The molecule has 2 aromatic carbocycles. The number of hydrogen-bond donors (Lipinski definition) is 2. The average Bonchev–Trinajstić information content (AvgIpc) is 2.91. The van der Waals surface area contributed by atoms with Gasteiger partial charge in [-0.15, -0.1) is 0 Å². The predicted octanol–water partition coefficient (Wildman–Crippen LogP) is 4.19. The number of nitrogens with zero attached hydrogens (tertiary/aromatic N) is 1. The molecule has 1 aromatic heterocycles. The fourth-order valence-electron chi connectivity index (χ4n) is 2.24. The number of aromatic nitrogens is 2. The number of aromatic amines is 1. The third kappa shape index (κ3) is 3.56. The highest BCUT2D eigenvalue weighted by Gasteiger charge is 2.11. The van der Waals surface area contributed by atoms with Gasteiger partial charge in [0.2, 0.25) is 5.91 Å². The highest BCUT2D eigenvalue weighted by Crippen LogP contribution is 2.22. The zero-order chi connectivity index (χ0) is 17.3. The first-order chi connectivity index (χ1) is 11.4. The monoisotopic (exact) mass is 347 g/mol. The van der Waals surface area contributed by atoms with Gasteiger partial charge < -0.3 is 10.3 Å². The Kier molecular flexibility index (Phi) is 4.53. The summed E-state index contributed by atoms with van der Waals surface area (Å²) in [5.74, 6) is -1.92. The molecule has 7 heteroatoms. The quantitative estimate of drug-likeness (QED) is 0.696. The van der Waals surface area contributed by atoms with Crippen LogP contribution in [0, 0.1) is 25.5 Å². The fourth-order valence-corrected chi connectivity index (χ4v) is 2.93. The van der Waals surface area contributed by atoms with Crippen LogP contribution >= 0.6 is 11.8 Å². The van der Waals surface area contributed by atoms with Gasteiger partial charge in [0, 0.05) is 17.8 Å². The van der Waals surface area contributed by atoms with Crippen LogP contribution < -0.4 is 5.32 Å². The van der Waals surface area contributed by atoms with E-state index >= 15 is 0 Å². The van der Waals surface area contributed by atoms with E-state index in [-0.39, 0.29) is 11.7 Å². The number of halogens is 2. The summed E-state index contributed by atoms with van der Waals surface area (Å²) < 4.78 is 26.4. The molecule has 3 aromatic rings. The lowest BCUT2D eigenvalue weighted by Crippen LogP contribution is -2.15. The number of hydrogen-bond acceptors (Lipinski definition) is 3. The number of anilines is 1. The first-order valence-electron chi connectivity index (χ1n) is 7.27. The van der Waals surface area contributed by atoms with Crippen LogP contribution in [-0.4, -0.2) is 21.6 Å². The Bertz CT molecular complexity index is 885. The molecule has 24 heavy (non-hydrogen) atoms. The van der Waals surface area contributed by atoms with Crippen molar-refractivity contribution in [2.45, 2.75) is 19.0 Å². The van der Waals surface area contributed by atoms with Crippen molar-refractivity contribution in [1.29, 1.82) is 0 Å². The van der Waals surface area contributed by atoms with Crippen LogP contribution in [0.2, 0.25) is 0 Å². The number of carbonyl (C=O) groups is 1. The van der Waals surface area contributed by atoms with Gasteiger partial charge in [0.1, 0.15) is 0 Å². The summed E-state index contributed by atoms with van der Waals surface area (Å²) in [5.41, 5.74) is 3.53. The van der Waals surface area contributed by atoms with E-state index in [1.807, 2.05) is 32.0 Å². The number of fused-ring (bicyclic) bond motifs is 1. The van der Waals surface area contributed by atoms with E-state index in [9.17, 15) is 13.6 Å². The van der Waals surface area contributed by atoms with E-state index in [4.69, 9.17) is 0 Å². The van der Waals surface area contributed by atoms with Gasteiger partial charge in [-0.3, -0.25) is 4.79 Å². The highest BCUT2D eigenvalue weighted by atomic mass is 32.2. The zero-order valence-electron chi connectivity index (χ0n) is 13.1. The van der Waals surface area contributed by atoms with Crippen molar-refractivity contribution >= 4 is 34.4 Å². The maximum Gasteiger partial charge on any atom is 0.234 e. The van der Waals surface area contributed by atoms with Crippen molar-refractivity contribution in [3.63, 3.8) is 0 Å². The van der Waals surface area contributed by atoms with Crippen LogP contribution in [0.5, 0.6) is 0 Å². The van der Waals surface area contributed by atoms with Crippen molar-refractivity contribution in [2.75, 3.05) is 11.1 Å². The topological polar surface area (TPSA) is 57.8 Å². The molecule has 0 bridgehead atoms. The van der Waals surface area contributed by atoms with Crippen molar-refractivity contribution < 1.29 is 13.6 Å². The molecule has 3 rings (SSSR count). The number of H-pyrrole nitrogens is 1. The van der Waals surface area contributed by atoms with Crippen molar-refractivity contribution in [3.8, 4) is 0 Å². The number of thioether (sulfide) groups is 1. The summed E-state index contributed by atoms with van der Waals surface area (Å²) in [6.45, 7) is 3.88. The lowest BCUT2D eigenvalue weighted by Gasteiger charge is -2.08. The molecule has 1 amide bonds. The van der Waals surface area contributed by atoms with E-state index in [0.29, 0.717) is 16.2 Å². The van der Waals surface area contributed by atoms with Crippen LogP contribution in [0.1, 0.15) is 11.1 Å². The Hall–Kier alpha value is -2.41. The lowest BCUT2D eigenvalue weighted by molar-refractivity contribution is -0.113. The number of rotatable bonds is 4. The zero-order valence-corrected chi connectivity index (χ0v) is 13.9. The number of benzene rings is 2. The molecule has 0 aliphatic heterocycles. The van der Waals surface area contributed by atoms with E-state index in [1.165, 1.54) is 11.8 Å². The number of nitrogens with one attached hydrogen (secondary N) is 2. The molecule has 0 aliphatic rings. The lowest BCUT2D eigenvalue weighted by atomic mass is 10.1. The van der Waals surface area contributed by atoms with Gasteiger partial charge in [-0.25, -0.2) is 13.8 Å². The Morgan fingerprint density at radius 2 is 1.96 bits per heavy atom. The first-order valence-corrected chi connectivity index (χ1v) is 8.25. The summed E-state index contributed by atoms with van der Waals surface area (Å²) in [4.78, 5) is 19.1. The minimum atomic E-state index is -0.946. The second-order valence-electron chi connectivity index (χ2n) is 5.48. The Morgan fingerprint density at radius 1 is 1.21 bits per heavy atom. The second kappa shape index (κ2) is 6.60. The largest absolute Gasteiger partial charge is 0.333 e. The van der Waals surface area contributed by atoms with Crippen LogP contribution in [0.4, 0.5) is 14.5 Å². The third-order valence-electron chi connectivity index (χ3n) is 3.51. The molecule has 0 atom stereocenters. The molecule has 0 radical (unpaired) electrons. The van der Waals surface area contributed by atoms with Gasteiger partial charge in [-0.1, -0.05) is 23.9 Å². The fraction of sp³-hybridized carbons (Fsp3) is 0.176. The molecule has 0 saturated carbocycles. The van der Waals surface area contributed by atoms with Crippen molar-refractivity contribution in [3.05, 3.63) is 53.1 Å². The smallest absolute Gasteiger partial charge is 0.234 e. The summed E-state index contributed by atoms with van der Waals surface area (Å²) >= 11 is 1.17. The predicted molar refractivity (Wildman–Crippen MR) is 91.3 cm³/mol. The SMILES string of the molecule is Cc1ccc(C)c(NC(=O)CSc2nc3cc(F)c(F)cc3[nH]2)c1. The molecule has 4 nitrogen and oxygen atoms in total. The number of amides is 1. The molecule has 0 aliphatic carbocycles. The summed E-state index contributed by atoms with van der Waals surface area (Å²) in [5, 5.41) is 3.29. The third-order valence-corrected chi connectivity index (χ3v) is 4.38. The van der Waals surface area contributed by atoms with Gasteiger partial charge in [-0.05, 0) is 31.0 Å². The van der Waals surface area contributed by atoms with Crippen LogP contribution in [0.3, 0.4) is 0 Å². The molecule has 0 spiro atoms. The van der Waals surface area contributed by atoms with E-state index in [2.05, 4.69) is 15.3 Å². The van der Waals surface area contributed by atoms with Crippen LogP contribution in [-0.2, 0) is 4.79 Å². The number of imidazole rings is 1. The van der Waals surface area contributed by atoms with Gasteiger partial charge >= 0.3 is 0 Å². The van der Waals surface area contributed by atoms with Crippen molar-refractivity contribution in [2.24, 2.45) is 0 Å². The van der Waals surface area contributed by atoms with E-state index in [0.717, 1.165) is 28.9 Å². The van der Waals surface area contributed by atoms with E-state index in [1.54, 1.807) is 0 Å². The van der Waals surface area contributed by atoms with Gasteiger partial charge in [0.15, 0.2) is 16.8 Å². The standard InChI is InChI=1S/C17H15F2N3OS/c1-9-3-4-10(2)13(5-9)20-16(23)8-24-17-21-14-6-11(18)12(19)7-15(14)22-17/h3-7H,8H2,1-2H3,(H,20,23)(H,21,22). The molecule has 0 fully saturated rings. The Labute approximate surface area is 141 Å². The average molecular weight is 347 g/mol. The molecule has 0 saturated heterocycles. The van der Waals surface area contributed by atoms with E-state index < -0.39 is 11.6 Å². The second-order valence-corrected chi connectivity index (χ2v) is 6.44. The van der Waals surface area contributed by atoms with Crippen LogP contribution in [0.15, 0.2) is 35.5 Å². The number of aryl methyl sites for hydroxylation is 2. The molecule has 124 valence electrons. The summed E-state index contributed by atoms with van der Waals surface area (Å²) in [6.07, 6.45) is 0. The molecular weight excluding hydrogens is 332 g/mol. The van der Waals surface area contributed by atoms with Crippen molar-refractivity contribution in [1.82, 2.24) is 9.97 Å². The minimum Gasteiger partial charge on any atom is -0.333 e. The highest BCUT2D eigenvalue weighted by molar-refractivity contribution is 7.99.